The lowest BCUT2D eigenvalue weighted by Crippen LogP contribution is -2.58. The van der Waals surface area contributed by atoms with Gasteiger partial charge in [0.1, 0.15) is 18.0 Å². The molecule has 2 saturated carbocycles. The monoisotopic (exact) mass is 612 g/mol. The molecule has 3 aliphatic heterocycles. The van der Waals surface area contributed by atoms with Crippen molar-refractivity contribution in [1.82, 2.24) is 9.47 Å². The van der Waals surface area contributed by atoms with E-state index in [9.17, 15) is 25.2 Å². The topological polar surface area (TPSA) is 125 Å². The van der Waals surface area contributed by atoms with Gasteiger partial charge < -0.3 is 29.9 Å². The number of aliphatic hydroxyl groups is 3. The van der Waals surface area contributed by atoms with Gasteiger partial charge in [0.05, 0.1) is 18.2 Å². The van der Waals surface area contributed by atoms with Crippen molar-refractivity contribution in [2.75, 3.05) is 26.3 Å². The maximum Gasteiger partial charge on any atom is 0.231 e. The second-order valence-electron chi connectivity index (χ2n) is 14.0. The van der Waals surface area contributed by atoms with Crippen LogP contribution in [0.1, 0.15) is 106 Å². The van der Waals surface area contributed by atoms with E-state index < -0.39 is 24.6 Å². The van der Waals surface area contributed by atoms with Gasteiger partial charge in [-0.1, -0.05) is 46.0 Å². The third kappa shape index (κ3) is 5.84. The van der Waals surface area contributed by atoms with Crippen molar-refractivity contribution < 1.29 is 34.7 Å². The lowest BCUT2D eigenvalue weighted by molar-refractivity contribution is -0.270. The number of benzene rings is 1. The molecule has 5 aliphatic rings. The predicted octanol–water partition coefficient (Wildman–Crippen LogP) is 4.71. The zero-order valence-corrected chi connectivity index (χ0v) is 26.5. The van der Waals surface area contributed by atoms with Crippen molar-refractivity contribution in [1.29, 1.82) is 0 Å². The van der Waals surface area contributed by atoms with Crippen molar-refractivity contribution in [3.05, 3.63) is 29.5 Å². The van der Waals surface area contributed by atoms with Crippen LogP contribution in [0.25, 0.3) is 10.9 Å². The number of hydrogen-bond donors (Lipinski definition) is 4. The maximum atomic E-state index is 13.8. The van der Waals surface area contributed by atoms with Gasteiger partial charge in [-0.15, -0.1) is 0 Å². The Kier molecular flexibility index (Phi) is 9.72. The molecule has 4 N–H and O–H groups in total. The summed E-state index contributed by atoms with van der Waals surface area (Å²) in [6.07, 6.45) is 7.93. The second kappa shape index (κ2) is 13.4. The summed E-state index contributed by atoms with van der Waals surface area (Å²) in [5, 5.41) is 40.5. The molecule has 4 fully saturated rings. The van der Waals surface area contributed by atoms with Crippen molar-refractivity contribution in [3.63, 3.8) is 0 Å². The number of unbranched alkanes of at least 4 members (excludes halogenated alkanes) is 5. The second-order valence-corrected chi connectivity index (χ2v) is 14.0. The average Bonchev–Trinajstić information content (AvgIpc) is 3.58. The summed E-state index contributed by atoms with van der Waals surface area (Å²) in [7, 11) is 0. The van der Waals surface area contributed by atoms with Crippen LogP contribution in [0.3, 0.4) is 0 Å². The lowest BCUT2D eigenvalue weighted by atomic mass is 9.80. The van der Waals surface area contributed by atoms with Crippen molar-refractivity contribution in [2.45, 2.75) is 127 Å². The number of phenolic OH excluding ortho intramolecular Hbond substituents is 1. The number of ether oxygens (including phenoxy) is 2. The Bertz CT molecular complexity index is 1310. The molecule has 2 aromatic rings. The first kappa shape index (κ1) is 32.0. The largest absolute Gasteiger partial charge is 0.508 e. The van der Waals surface area contributed by atoms with Crippen LogP contribution in [0, 0.1) is 11.3 Å². The van der Waals surface area contributed by atoms with Crippen LogP contribution < -0.4 is 0 Å². The molecule has 8 atom stereocenters. The lowest BCUT2D eigenvalue weighted by Gasteiger charge is -2.49. The van der Waals surface area contributed by atoms with Gasteiger partial charge in [-0.3, -0.25) is 14.3 Å². The number of aromatic nitrogens is 1. The minimum Gasteiger partial charge on any atom is -0.508 e. The molecule has 7 rings (SSSR count). The molecule has 7 unspecified atom stereocenters. The van der Waals surface area contributed by atoms with E-state index in [2.05, 4.69) is 23.3 Å². The van der Waals surface area contributed by atoms with E-state index in [0.29, 0.717) is 30.4 Å². The van der Waals surface area contributed by atoms with Crippen LogP contribution >= 0.6 is 0 Å². The zero-order valence-electron chi connectivity index (χ0n) is 26.5. The molecule has 244 valence electrons. The van der Waals surface area contributed by atoms with Gasteiger partial charge in [0.15, 0.2) is 6.29 Å². The Morgan fingerprint density at radius 1 is 1.07 bits per heavy atom. The number of nitrogens with zero attached hydrogens (tertiary/aromatic N) is 2. The number of carbonyl (C=O) groups is 1. The fourth-order valence-electron chi connectivity index (χ4n) is 8.78. The Hall–Kier alpha value is -2.01. The summed E-state index contributed by atoms with van der Waals surface area (Å²) in [5.41, 5.74) is 4.03. The molecule has 0 radical (unpaired) electrons. The highest BCUT2D eigenvalue weighted by Gasteiger charge is 2.74. The SMILES string of the molecule is CCC.O=C(CCCCCCCCOC1O[C@H](CO)C(O)CC1O)n1c2c(c3cc(O)ccc31)CCN1CC34CC3CC2C14. The highest BCUT2D eigenvalue weighted by molar-refractivity contribution is 5.97. The third-order valence-corrected chi connectivity index (χ3v) is 10.8. The zero-order chi connectivity index (χ0) is 31.0. The minimum absolute atomic E-state index is 0.139. The Morgan fingerprint density at radius 2 is 1.82 bits per heavy atom. The molecule has 1 aromatic heterocycles. The summed E-state index contributed by atoms with van der Waals surface area (Å²) in [6, 6.07) is 6.11. The fraction of sp³-hybridized carbons (Fsp3) is 0.743. The normalized spacial score (nSPS) is 33.4. The van der Waals surface area contributed by atoms with Gasteiger partial charge in [-0.05, 0) is 61.8 Å². The molecule has 2 aliphatic carbocycles. The Balaban J connectivity index is 0.00000110. The predicted molar refractivity (Wildman–Crippen MR) is 168 cm³/mol. The van der Waals surface area contributed by atoms with Gasteiger partial charge in [-0.2, -0.15) is 0 Å². The molecule has 44 heavy (non-hydrogen) atoms. The van der Waals surface area contributed by atoms with Gasteiger partial charge in [0, 0.05) is 61.0 Å². The number of aliphatic hydroxyl groups excluding tert-OH is 3. The van der Waals surface area contributed by atoms with Crippen LogP contribution in [0.5, 0.6) is 5.75 Å². The summed E-state index contributed by atoms with van der Waals surface area (Å²) >= 11 is 0. The average molecular weight is 613 g/mol. The molecule has 1 spiro atoms. The number of carbonyl (C=O) groups excluding carboxylic acids is 1. The number of rotatable bonds is 11. The van der Waals surface area contributed by atoms with E-state index in [1.165, 1.54) is 37.1 Å². The molecular weight excluding hydrogens is 560 g/mol. The minimum atomic E-state index is -0.892. The fourth-order valence-corrected chi connectivity index (χ4v) is 8.78. The van der Waals surface area contributed by atoms with Gasteiger partial charge in [-0.25, -0.2) is 0 Å². The van der Waals surface area contributed by atoms with Gasteiger partial charge in [0.25, 0.3) is 0 Å². The summed E-state index contributed by atoms with van der Waals surface area (Å²) < 4.78 is 13.2. The van der Waals surface area contributed by atoms with Gasteiger partial charge in [0.2, 0.25) is 5.91 Å². The molecule has 0 amide bonds. The van der Waals surface area contributed by atoms with Crippen molar-refractivity contribution >= 4 is 16.8 Å². The van der Waals surface area contributed by atoms with E-state index in [0.717, 1.165) is 68.3 Å². The van der Waals surface area contributed by atoms with Crippen LogP contribution in [0.15, 0.2) is 18.2 Å². The molecule has 9 heteroatoms. The van der Waals surface area contributed by atoms with Crippen molar-refractivity contribution in [2.24, 2.45) is 11.3 Å². The van der Waals surface area contributed by atoms with Crippen LogP contribution in [-0.2, 0) is 15.9 Å². The summed E-state index contributed by atoms with van der Waals surface area (Å²) in [4.78, 5) is 16.4. The summed E-state index contributed by atoms with van der Waals surface area (Å²) in [5.74, 6) is 1.71. The highest BCUT2D eigenvalue weighted by Crippen LogP contribution is 2.74. The molecule has 9 nitrogen and oxygen atoms in total. The Morgan fingerprint density at radius 3 is 2.59 bits per heavy atom. The third-order valence-electron chi connectivity index (χ3n) is 10.8. The molecule has 0 bridgehead atoms. The first-order valence-corrected chi connectivity index (χ1v) is 17.2. The molecule has 4 heterocycles. The van der Waals surface area contributed by atoms with E-state index in [1.54, 1.807) is 6.07 Å². The maximum absolute atomic E-state index is 13.8. The number of hydrogen-bond acceptors (Lipinski definition) is 8. The van der Waals surface area contributed by atoms with Crippen LogP contribution in [0.4, 0.5) is 0 Å². The standard InChI is InChI=1S/C32H44N2O7.C3H8/c35-17-27-25(37)15-26(38)31(41-27)40-12-6-4-2-1-3-5-7-28(39)34-24-9-8-20(36)14-22(24)21-10-11-33-18-32-16-19(32)13-23(29(21)34)30(32)33;1-3-2/h8-9,14,19,23,25-27,30-31,35-38H,1-7,10-13,15-18H2;3H2,1-2H3/t19?,23?,25?,26?,27-,30?,31?,32?;/m1./s1. The van der Waals surface area contributed by atoms with E-state index in [1.807, 2.05) is 12.1 Å². The molecule has 2 saturated heterocycles. The number of aromatic hydroxyl groups is 1. The van der Waals surface area contributed by atoms with E-state index in [4.69, 9.17) is 9.47 Å². The first-order valence-electron chi connectivity index (χ1n) is 17.2. The van der Waals surface area contributed by atoms with Crippen LogP contribution in [-0.4, -0.2) is 92.7 Å². The molecule has 1 aromatic carbocycles. The van der Waals surface area contributed by atoms with E-state index in [-0.39, 0.29) is 24.7 Å². The quantitative estimate of drug-likeness (QED) is 0.269. The molecular formula is C35H52N2O7. The summed E-state index contributed by atoms with van der Waals surface area (Å²) in [6.45, 7) is 6.69. The first-order chi connectivity index (χ1) is 21.3. The van der Waals surface area contributed by atoms with E-state index >= 15 is 0 Å². The van der Waals surface area contributed by atoms with Crippen LogP contribution in [0.2, 0.25) is 0 Å². The smallest absolute Gasteiger partial charge is 0.231 e. The number of phenols is 1. The van der Waals surface area contributed by atoms with Gasteiger partial charge >= 0.3 is 0 Å². The Labute approximate surface area is 261 Å². The highest BCUT2D eigenvalue weighted by atomic mass is 16.7. The van der Waals surface area contributed by atoms with Crippen molar-refractivity contribution in [3.8, 4) is 5.75 Å². The number of fused-ring (bicyclic) bond motifs is 4.